The molecule has 0 aliphatic heterocycles. The Balaban J connectivity index is 2.14. The first kappa shape index (κ1) is 9.57. The fraction of sp³-hybridized carbons (Fsp3) is 0.333. The SMILES string of the molecule is CCCNc1nc(-c2cnccn2)no1. The second-order valence-corrected chi connectivity index (χ2v) is 2.94. The molecular weight excluding hydrogens is 194 g/mol. The number of hydrogen-bond donors (Lipinski definition) is 1. The molecule has 2 heterocycles. The Morgan fingerprint density at radius 1 is 1.40 bits per heavy atom. The van der Waals surface area contributed by atoms with Crippen LogP contribution < -0.4 is 5.32 Å². The van der Waals surface area contributed by atoms with E-state index >= 15 is 0 Å². The van der Waals surface area contributed by atoms with Crippen molar-refractivity contribution in [3.63, 3.8) is 0 Å². The van der Waals surface area contributed by atoms with E-state index in [4.69, 9.17) is 4.52 Å². The Bertz CT molecular complexity index is 413. The number of nitrogens with one attached hydrogen (secondary N) is 1. The topological polar surface area (TPSA) is 76.7 Å². The molecule has 0 aliphatic carbocycles. The van der Waals surface area contributed by atoms with E-state index in [9.17, 15) is 0 Å². The predicted octanol–water partition coefficient (Wildman–Crippen LogP) is 1.35. The first-order chi connectivity index (χ1) is 7.40. The van der Waals surface area contributed by atoms with E-state index in [1.54, 1.807) is 18.6 Å². The fourth-order valence-corrected chi connectivity index (χ4v) is 1.05. The summed E-state index contributed by atoms with van der Waals surface area (Å²) in [5, 5.41) is 6.78. The summed E-state index contributed by atoms with van der Waals surface area (Å²) < 4.78 is 4.98. The molecule has 0 bridgehead atoms. The first-order valence-corrected chi connectivity index (χ1v) is 4.74. The third kappa shape index (κ3) is 2.28. The molecule has 0 spiro atoms. The molecule has 2 aromatic heterocycles. The van der Waals surface area contributed by atoms with Crippen molar-refractivity contribution in [2.24, 2.45) is 0 Å². The van der Waals surface area contributed by atoms with Gasteiger partial charge in [0.2, 0.25) is 5.82 Å². The molecular formula is C9H11N5O. The average Bonchev–Trinajstić information content (AvgIpc) is 2.76. The van der Waals surface area contributed by atoms with Crippen molar-refractivity contribution in [2.45, 2.75) is 13.3 Å². The van der Waals surface area contributed by atoms with Crippen LogP contribution in [0.1, 0.15) is 13.3 Å². The largest absolute Gasteiger partial charge is 0.338 e. The summed E-state index contributed by atoms with van der Waals surface area (Å²) in [7, 11) is 0. The molecule has 0 amide bonds. The Labute approximate surface area is 86.8 Å². The molecule has 6 heteroatoms. The second-order valence-electron chi connectivity index (χ2n) is 2.94. The van der Waals surface area contributed by atoms with Gasteiger partial charge in [-0.15, -0.1) is 0 Å². The molecule has 0 radical (unpaired) electrons. The minimum absolute atomic E-state index is 0.414. The summed E-state index contributed by atoms with van der Waals surface area (Å²) in [6, 6.07) is 0.414. The molecule has 2 rings (SSSR count). The van der Waals surface area contributed by atoms with Crippen molar-refractivity contribution >= 4 is 6.01 Å². The van der Waals surface area contributed by atoms with Crippen molar-refractivity contribution in [3.8, 4) is 11.5 Å². The highest BCUT2D eigenvalue weighted by molar-refractivity contribution is 5.47. The molecule has 0 unspecified atom stereocenters. The minimum atomic E-state index is 0.414. The quantitative estimate of drug-likeness (QED) is 0.811. The summed E-state index contributed by atoms with van der Waals surface area (Å²) in [6.45, 7) is 2.87. The van der Waals surface area contributed by atoms with E-state index < -0.39 is 0 Å². The molecule has 0 aliphatic rings. The molecule has 2 aromatic rings. The van der Waals surface area contributed by atoms with E-state index in [0.29, 0.717) is 17.5 Å². The lowest BCUT2D eigenvalue weighted by atomic mass is 10.4. The van der Waals surface area contributed by atoms with Crippen LogP contribution in [0.3, 0.4) is 0 Å². The molecule has 0 fully saturated rings. The van der Waals surface area contributed by atoms with Gasteiger partial charge in [-0.2, -0.15) is 4.98 Å². The lowest BCUT2D eigenvalue weighted by Crippen LogP contribution is -1.99. The van der Waals surface area contributed by atoms with Crippen LogP contribution >= 0.6 is 0 Å². The third-order valence-electron chi connectivity index (χ3n) is 1.74. The van der Waals surface area contributed by atoms with E-state index in [2.05, 4.69) is 32.3 Å². The van der Waals surface area contributed by atoms with Gasteiger partial charge in [0, 0.05) is 18.9 Å². The molecule has 6 nitrogen and oxygen atoms in total. The van der Waals surface area contributed by atoms with Gasteiger partial charge < -0.3 is 9.84 Å². The Hall–Kier alpha value is -1.98. The molecule has 0 saturated carbocycles. The van der Waals surface area contributed by atoms with Crippen LogP contribution in [0.15, 0.2) is 23.1 Å². The van der Waals surface area contributed by atoms with Crippen LogP contribution in [0.4, 0.5) is 6.01 Å². The summed E-state index contributed by atoms with van der Waals surface area (Å²) in [5.41, 5.74) is 0.603. The van der Waals surface area contributed by atoms with Crippen LogP contribution in [-0.2, 0) is 0 Å². The van der Waals surface area contributed by atoms with Crippen LogP contribution in [0.2, 0.25) is 0 Å². The number of anilines is 1. The minimum Gasteiger partial charge on any atom is -0.338 e. The number of nitrogens with zero attached hydrogens (tertiary/aromatic N) is 4. The average molecular weight is 205 g/mol. The zero-order valence-electron chi connectivity index (χ0n) is 8.34. The predicted molar refractivity (Wildman–Crippen MR) is 54.1 cm³/mol. The van der Waals surface area contributed by atoms with Crippen molar-refractivity contribution in [1.29, 1.82) is 0 Å². The molecule has 1 N–H and O–H groups in total. The monoisotopic (exact) mass is 205 g/mol. The maximum absolute atomic E-state index is 4.98. The van der Waals surface area contributed by atoms with E-state index in [1.165, 1.54) is 0 Å². The van der Waals surface area contributed by atoms with Gasteiger partial charge in [-0.1, -0.05) is 12.1 Å². The lowest BCUT2D eigenvalue weighted by molar-refractivity contribution is 0.432. The highest BCUT2D eigenvalue weighted by Gasteiger charge is 2.08. The summed E-state index contributed by atoms with van der Waals surface area (Å²) >= 11 is 0. The summed E-state index contributed by atoms with van der Waals surface area (Å²) in [5.74, 6) is 0.446. The normalized spacial score (nSPS) is 10.2. The highest BCUT2D eigenvalue weighted by Crippen LogP contribution is 2.13. The van der Waals surface area contributed by atoms with Crippen LogP contribution in [0.5, 0.6) is 0 Å². The molecule has 0 atom stereocenters. The van der Waals surface area contributed by atoms with Gasteiger partial charge >= 0.3 is 6.01 Å². The molecule has 15 heavy (non-hydrogen) atoms. The van der Waals surface area contributed by atoms with Gasteiger partial charge in [-0.3, -0.25) is 4.98 Å². The smallest absolute Gasteiger partial charge is 0.321 e. The molecule has 78 valence electrons. The second kappa shape index (κ2) is 4.50. The summed E-state index contributed by atoms with van der Waals surface area (Å²) in [6.07, 6.45) is 5.78. The van der Waals surface area contributed by atoms with E-state index in [1.807, 2.05) is 0 Å². The third-order valence-corrected chi connectivity index (χ3v) is 1.74. The van der Waals surface area contributed by atoms with Gasteiger partial charge in [-0.25, -0.2) is 4.98 Å². The van der Waals surface area contributed by atoms with Gasteiger partial charge in [0.15, 0.2) is 0 Å². The van der Waals surface area contributed by atoms with Crippen LogP contribution in [0.25, 0.3) is 11.5 Å². The summed E-state index contributed by atoms with van der Waals surface area (Å²) in [4.78, 5) is 12.1. The number of rotatable bonds is 4. The maximum atomic E-state index is 4.98. The zero-order chi connectivity index (χ0) is 10.5. The number of hydrogen-bond acceptors (Lipinski definition) is 6. The van der Waals surface area contributed by atoms with Crippen molar-refractivity contribution in [3.05, 3.63) is 18.6 Å². The molecule has 0 saturated heterocycles. The zero-order valence-corrected chi connectivity index (χ0v) is 8.34. The number of aromatic nitrogens is 4. The Kier molecular flexibility index (Phi) is 2.87. The van der Waals surface area contributed by atoms with E-state index in [0.717, 1.165) is 13.0 Å². The standard InChI is InChI=1S/C9H11N5O/c1-2-3-12-9-13-8(14-15-9)7-6-10-4-5-11-7/h4-6H,2-3H2,1H3,(H,12,13,14). The van der Waals surface area contributed by atoms with Gasteiger partial charge in [-0.05, 0) is 6.42 Å². The van der Waals surface area contributed by atoms with Gasteiger partial charge in [0.05, 0.1) is 6.20 Å². The van der Waals surface area contributed by atoms with E-state index in [-0.39, 0.29) is 0 Å². The van der Waals surface area contributed by atoms with Gasteiger partial charge in [0.1, 0.15) is 5.69 Å². The molecule has 0 aromatic carbocycles. The first-order valence-electron chi connectivity index (χ1n) is 4.74. The fourth-order valence-electron chi connectivity index (χ4n) is 1.05. The lowest BCUT2D eigenvalue weighted by Gasteiger charge is -1.93. The van der Waals surface area contributed by atoms with Crippen LogP contribution in [-0.4, -0.2) is 26.7 Å². The van der Waals surface area contributed by atoms with Crippen LogP contribution in [0, 0.1) is 0 Å². The van der Waals surface area contributed by atoms with Gasteiger partial charge in [0.25, 0.3) is 0 Å². The Morgan fingerprint density at radius 3 is 3.07 bits per heavy atom. The van der Waals surface area contributed by atoms with Crippen molar-refractivity contribution in [2.75, 3.05) is 11.9 Å². The van der Waals surface area contributed by atoms with Crippen molar-refractivity contribution < 1.29 is 4.52 Å². The maximum Gasteiger partial charge on any atom is 0.321 e. The highest BCUT2D eigenvalue weighted by atomic mass is 16.5. The Morgan fingerprint density at radius 2 is 2.33 bits per heavy atom. The van der Waals surface area contributed by atoms with Crippen molar-refractivity contribution in [1.82, 2.24) is 20.1 Å².